The van der Waals surface area contributed by atoms with Crippen LogP contribution in [0.15, 0.2) is 78.9 Å². The average Bonchev–Trinajstić information content (AvgIpc) is 3.76. The number of nitrogens with two attached hydrogens (primary N) is 1. The van der Waals surface area contributed by atoms with Gasteiger partial charge in [0.1, 0.15) is 18.1 Å². The molecule has 0 bridgehead atoms. The van der Waals surface area contributed by atoms with Crippen LogP contribution in [0, 0.1) is 51.9 Å². The standard InChI is InChI=1S/C12H12N2O.C10H16N2O2.C9H13BrN2O2.C9H9ClO.C9H15N3O2/c1-9-5-10(2)7-11(6-9)12(15)14-4-3-13-8-14;1-5-8(7(3)4)9(13)12-10(14)11-6-2;1-4-12-7(10)6(5(2)3)8(13)11-9(12)14;1-6-3-7(2)5-8(4-6)9(10)11;1-4-12-7(10)6(5(2)3)8(13)11-9(12)14/h3-8H,1-2H3;1,7-8H,6H2,2-4H3,(H2,11,12,13,14);5H,4H2,1-3H3,(H,11,13,14);3-5H,1-2H3;5H,4,10H2,1-3H3,(H,11,13,14). The van der Waals surface area contributed by atoms with Gasteiger partial charge >= 0.3 is 17.4 Å². The summed E-state index contributed by atoms with van der Waals surface area (Å²) in [5.74, 6) is 1.73. The van der Waals surface area contributed by atoms with Crippen LogP contribution in [0.25, 0.3) is 0 Å². The van der Waals surface area contributed by atoms with Crippen LogP contribution in [0.2, 0.25) is 0 Å². The molecule has 0 saturated heterocycles. The van der Waals surface area contributed by atoms with Gasteiger partial charge < -0.3 is 11.1 Å². The molecule has 0 radical (unpaired) electrons. The van der Waals surface area contributed by atoms with Gasteiger partial charge in [-0.1, -0.05) is 81.8 Å². The third-order valence-electron chi connectivity index (χ3n) is 9.59. The molecule has 5 aromatic rings. The zero-order valence-corrected chi connectivity index (χ0v) is 43.4. The zero-order chi connectivity index (χ0) is 52.2. The van der Waals surface area contributed by atoms with Crippen molar-refractivity contribution < 1.29 is 19.2 Å². The Morgan fingerprint density at radius 1 is 0.765 bits per heavy atom. The molecule has 1 atom stereocenters. The van der Waals surface area contributed by atoms with Crippen molar-refractivity contribution in [3.8, 4) is 12.3 Å². The van der Waals surface area contributed by atoms with Gasteiger partial charge in [0, 0.05) is 43.2 Å². The maximum atomic E-state index is 11.9. The Bertz CT molecular complexity index is 2670. The topological polar surface area (TPSA) is 246 Å². The van der Waals surface area contributed by atoms with Gasteiger partial charge in [0.05, 0.1) is 15.7 Å². The molecule has 1 unspecified atom stereocenters. The van der Waals surface area contributed by atoms with Crippen molar-refractivity contribution >= 4 is 56.4 Å². The molecule has 0 fully saturated rings. The van der Waals surface area contributed by atoms with E-state index in [4.69, 9.17) is 23.8 Å². The summed E-state index contributed by atoms with van der Waals surface area (Å²) >= 11 is 8.59. The number of terminal acetylenes is 1. The Hall–Kier alpha value is -6.58. The number of imide groups is 1. The Labute approximate surface area is 410 Å². The summed E-state index contributed by atoms with van der Waals surface area (Å²) in [4.78, 5) is 99.0. The van der Waals surface area contributed by atoms with Gasteiger partial charge in [-0.05, 0) is 118 Å². The number of hydrogen-bond donors (Lipinski definition) is 5. The van der Waals surface area contributed by atoms with Gasteiger partial charge in [-0.15, -0.1) is 6.42 Å². The number of amides is 3. The van der Waals surface area contributed by atoms with Crippen molar-refractivity contribution in [3.63, 3.8) is 0 Å². The number of hydrogen-bond acceptors (Lipinski definition) is 10. The number of urea groups is 1. The molecule has 68 heavy (non-hydrogen) atoms. The van der Waals surface area contributed by atoms with Crippen LogP contribution in [-0.4, -0.2) is 58.3 Å². The first-order valence-corrected chi connectivity index (χ1v) is 23.0. The second-order valence-electron chi connectivity index (χ2n) is 16.4. The minimum Gasteiger partial charge on any atom is -0.385 e. The predicted molar refractivity (Wildman–Crippen MR) is 273 cm³/mol. The largest absolute Gasteiger partial charge is 0.385 e. The quantitative estimate of drug-likeness (QED) is 0.0560. The van der Waals surface area contributed by atoms with Crippen molar-refractivity contribution in [2.45, 2.75) is 115 Å². The summed E-state index contributed by atoms with van der Waals surface area (Å²) in [6.45, 7) is 26.0. The summed E-state index contributed by atoms with van der Waals surface area (Å²) in [7, 11) is 0. The van der Waals surface area contributed by atoms with E-state index < -0.39 is 28.8 Å². The predicted octanol–water partition coefficient (Wildman–Crippen LogP) is 7.31. The fraction of sp³-hybridized carbons (Fsp3) is 0.408. The number of benzene rings is 2. The molecule has 0 spiro atoms. The molecule has 0 aliphatic heterocycles. The van der Waals surface area contributed by atoms with E-state index in [9.17, 15) is 38.4 Å². The minimum atomic E-state index is -0.558. The molecule has 3 aromatic heterocycles. The first-order chi connectivity index (χ1) is 31.8. The van der Waals surface area contributed by atoms with Gasteiger partial charge in [0.15, 0.2) is 0 Å². The molecular formula is C49H65BrClN9O8. The highest BCUT2D eigenvalue weighted by atomic mass is 79.9. The first-order valence-electron chi connectivity index (χ1n) is 21.8. The number of anilines is 1. The van der Waals surface area contributed by atoms with E-state index in [2.05, 4.69) is 47.4 Å². The van der Waals surface area contributed by atoms with Crippen LogP contribution < -0.4 is 38.9 Å². The van der Waals surface area contributed by atoms with E-state index in [1.54, 1.807) is 38.4 Å². The van der Waals surface area contributed by atoms with E-state index in [0.717, 1.165) is 22.3 Å². The number of nitrogens with zero attached hydrogens (tertiary/aromatic N) is 4. The number of halogens is 2. The molecule has 3 heterocycles. The lowest BCUT2D eigenvalue weighted by Crippen LogP contribution is -2.43. The van der Waals surface area contributed by atoms with E-state index in [1.807, 2.05) is 100 Å². The van der Waals surface area contributed by atoms with Gasteiger partial charge in [0.25, 0.3) is 22.3 Å². The number of carbonyl (C=O) groups is 4. The number of imidazole rings is 1. The average molecular weight is 1020 g/mol. The lowest BCUT2D eigenvalue weighted by atomic mass is 9.96. The Morgan fingerprint density at radius 3 is 1.60 bits per heavy atom. The third-order valence-corrected chi connectivity index (χ3v) is 10.7. The molecule has 0 aliphatic rings. The second kappa shape index (κ2) is 28.6. The molecule has 3 amide bonds. The molecule has 6 N–H and O–H groups in total. The molecule has 0 saturated carbocycles. The van der Waals surface area contributed by atoms with E-state index in [1.165, 1.54) is 20.0 Å². The van der Waals surface area contributed by atoms with Crippen molar-refractivity contribution in [3.05, 3.63) is 146 Å². The summed E-state index contributed by atoms with van der Waals surface area (Å²) < 4.78 is 4.92. The van der Waals surface area contributed by atoms with Crippen LogP contribution in [0.5, 0.6) is 0 Å². The second-order valence-corrected chi connectivity index (χ2v) is 17.5. The highest BCUT2D eigenvalue weighted by Gasteiger charge is 2.21. The minimum absolute atomic E-state index is 0.0112. The van der Waals surface area contributed by atoms with Gasteiger partial charge in [-0.25, -0.2) is 19.4 Å². The Balaban J connectivity index is 0.000000426. The number of aromatic amines is 2. The van der Waals surface area contributed by atoms with Crippen LogP contribution in [0.3, 0.4) is 0 Å². The summed E-state index contributed by atoms with van der Waals surface area (Å²) in [5, 5.41) is 4.24. The Morgan fingerprint density at radius 2 is 1.22 bits per heavy atom. The maximum absolute atomic E-state index is 11.9. The van der Waals surface area contributed by atoms with Crippen molar-refractivity contribution in [2.24, 2.45) is 11.8 Å². The van der Waals surface area contributed by atoms with Crippen molar-refractivity contribution in [2.75, 3.05) is 12.3 Å². The highest BCUT2D eigenvalue weighted by molar-refractivity contribution is 9.10. The number of aromatic nitrogens is 6. The van der Waals surface area contributed by atoms with E-state index in [-0.39, 0.29) is 46.3 Å². The van der Waals surface area contributed by atoms with Crippen LogP contribution in [0.1, 0.15) is 128 Å². The monoisotopic (exact) mass is 1020 g/mol. The first kappa shape index (κ1) is 59.4. The number of H-pyrrole nitrogens is 2. The zero-order valence-electron chi connectivity index (χ0n) is 41.1. The lowest BCUT2D eigenvalue weighted by molar-refractivity contribution is -0.123. The van der Waals surface area contributed by atoms with E-state index >= 15 is 0 Å². The van der Waals surface area contributed by atoms with Crippen LogP contribution in [-0.2, 0) is 17.9 Å². The summed E-state index contributed by atoms with van der Waals surface area (Å²) in [6.07, 6.45) is 9.95. The number of carbonyl (C=O) groups excluding carboxylic acids is 4. The summed E-state index contributed by atoms with van der Waals surface area (Å²) in [6, 6.07) is 10.9. The molecule has 17 nitrogen and oxygen atoms in total. The SMILES string of the molecule is C#CC(C(=O)NC(=O)NCC)C(C)C.CCn1c(Br)c(C(C)C)c(=O)[nH]c1=O.CCn1c(N)c(C(C)C)c(=O)[nH]c1=O.Cc1cc(C)cc(C(=O)Cl)c1.Cc1cc(C)cc(C(=O)n2ccnc2)c1. The fourth-order valence-corrected chi connectivity index (χ4v) is 7.66. The lowest BCUT2D eigenvalue weighted by Gasteiger charge is -2.13. The molecule has 368 valence electrons. The maximum Gasteiger partial charge on any atom is 0.329 e. The third kappa shape index (κ3) is 18.2. The molecule has 19 heteroatoms. The fourth-order valence-electron chi connectivity index (χ4n) is 6.50. The van der Waals surface area contributed by atoms with Crippen LogP contribution >= 0.6 is 27.5 Å². The van der Waals surface area contributed by atoms with Gasteiger partial charge in [-0.3, -0.25) is 53.0 Å². The highest BCUT2D eigenvalue weighted by Crippen LogP contribution is 2.19. The number of nitrogens with one attached hydrogen (secondary N) is 4. The normalized spacial score (nSPS) is 10.7. The number of rotatable bonds is 9. The van der Waals surface area contributed by atoms with Gasteiger partial charge in [-0.2, -0.15) is 0 Å². The molecule has 0 aliphatic carbocycles. The number of aryl methyl sites for hydroxylation is 4. The molecule has 2 aromatic carbocycles. The smallest absolute Gasteiger partial charge is 0.329 e. The summed E-state index contributed by atoms with van der Waals surface area (Å²) in [5.41, 5.74) is 10.9. The Kier molecular flexibility index (Phi) is 25.0. The van der Waals surface area contributed by atoms with E-state index in [0.29, 0.717) is 46.5 Å². The van der Waals surface area contributed by atoms with Gasteiger partial charge in [0.2, 0.25) is 5.91 Å². The van der Waals surface area contributed by atoms with Crippen LogP contribution in [0.4, 0.5) is 10.6 Å². The molecular weight excluding hydrogens is 958 g/mol. The van der Waals surface area contributed by atoms with Crippen molar-refractivity contribution in [1.29, 1.82) is 0 Å². The number of nitrogen functional groups attached to an aromatic ring is 1. The van der Waals surface area contributed by atoms with Crippen molar-refractivity contribution in [1.82, 2.24) is 39.3 Å². The molecule has 5 rings (SSSR count).